The van der Waals surface area contributed by atoms with Crippen molar-refractivity contribution in [3.8, 4) is 17.2 Å². The minimum Gasteiger partial charge on any atom is -0.493 e. The maximum atomic E-state index is 12.6. The predicted molar refractivity (Wildman–Crippen MR) is 111 cm³/mol. The largest absolute Gasteiger partial charge is 0.493 e. The molecular formula is C22H27N3O4. The molecule has 3 rings (SSSR count). The molecule has 2 heterocycles. The average Bonchev–Trinajstić information content (AvgIpc) is 2.77. The lowest BCUT2D eigenvalue weighted by molar-refractivity contribution is -0.127. The van der Waals surface area contributed by atoms with Gasteiger partial charge in [0.1, 0.15) is 0 Å². The molecule has 7 nitrogen and oxygen atoms in total. The molecule has 1 saturated heterocycles. The first-order valence-corrected chi connectivity index (χ1v) is 9.53. The van der Waals surface area contributed by atoms with Crippen LogP contribution in [0.5, 0.6) is 17.2 Å². The van der Waals surface area contributed by atoms with E-state index >= 15 is 0 Å². The minimum absolute atomic E-state index is 0.000204. The molecule has 7 heteroatoms. The van der Waals surface area contributed by atoms with Gasteiger partial charge in [0.15, 0.2) is 11.5 Å². The first-order chi connectivity index (χ1) is 14.1. The van der Waals surface area contributed by atoms with Crippen molar-refractivity contribution in [2.45, 2.75) is 6.54 Å². The summed E-state index contributed by atoms with van der Waals surface area (Å²) in [6.45, 7) is 3.96. The highest BCUT2D eigenvalue weighted by molar-refractivity contribution is 5.92. The fraction of sp³-hybridized carbons (Fsp3) is 0.364. The van der Waals surface area contributed by atoms with E-state index in [-0.39, 0.29) is 5.91 Å². The van der Waals surface area contributed by atoms with Gasteiger partial charge in [-0.15, -0.1) is 0 Å². The molecule has 1 aliphatic rings. The standard InChI is InChI=1S/C22H27N3O4/c1-27-19-13-17(14-20(28-2)22(19)29-3)6-7-21(26)25-11-9-24(10-12-25)16-18-5-4-8-23-15-18/h4-8,13-15H,9-12,16H2,1-3H3/b7-6+. The van der Waals surface area contributed by atoms with Crippen LogP contribution in [0, 0.1) is 0 Å². The van der Waals surface area contributed by atoms with E-state index in [0.29, 0.717) is 30.3 Å². The predicted octanol–water partition coefficient (Wildman–Crippen LogP) is 2.47. The van der Waals surface area contributed by atoms with E-state index in [9.17, 15) is 4.79 Å². The second-order valence-electron chi connectivity index (χ2n) is 6.75. The van der Waals surface area contributed by atoms with Crippen molar-refractivity contribution in [1.82, 2.24) is 14.8 Å². The number of benzene rings is 1. The lowest BCUT2D eigenvalue weighted by Gasteiger charge is -2.34. The molecule has 0 radical (unpaired) electrons. The number of pyridine rings is 1. The summed E-state index contributed by atoms with van der Waals surface area (Å²) in [5, 5.41) is 0. The van der Waals surface area contributed by atoms with Crippen molar-refractivity contribution in [2.24, 2.45) is 0 Å². The van der Waals surface area contributed by atoms with Gasteiger partial charge in [-0.1, -0.05) is 6.07 Å². The Hall–Kier alpha value is -3.06. The van der Waals surface area contributed by atoms with Crippen LogP contribution in [0.1, 0.15) is 11.1 Å². The minimum atomic E-state index is -0.000204. The molecule has 1 aromatic heterocycles. The Balaban J connectivity index is 1.59. The molecule has 0 spiro atoms. The molecule has 29 heavy (non-hydrogen) atoms. The van der Waals surface area contributed by atoms with Crippen LogP contribution in [0.4, 0.5) is 0 Å². The third kappa shape index (κ3) is 5.26. The summed E-state index contributed by atoms with van der Waals surface area (Å²) in [5.41, 5.74) is 2.00. The van der Waals surface area contributed by atoms with Crippen LogP contribution in [-0.2, 0) is 11.3 Å². The lowest BCUT2D eigenvalue weighted by Crippen LogP contribution is -2.47. The van der Waals surface area contributed by atoms with Crippen molar-refractivity contribution < 1.29 is 19.0 Å². The van der Waals surface area contributed by atoms with E-state index in [4.69, 9.17) is 14.2 Å². The molecule has 0 aliphatic carbocycles. The number of nitrogens with zero attached hydrogens (tertiary/aromatic N) is 3. The molecule has 1 aliphatic heterocycles. The van der Waals surface area contributed by atoms with E-state index in [1.54, 1.807) is 39.7 Å². The summed E-state index contributed by atoms with van der Waals surface area (Å²) in [6, 6.07) is 7.65. The van der Waals surface area contributed by atoms with Crippen LogP contribution >= 0.6 is 0 Å². The third-order valence-corrected chi connectivity index (χ3v) is 4.92. The highest BCUT2D eigenvalue weighted by Crippen LogP contribution is 2.38. The summed E-state index contributed by atoms with van der Waals surface area (Å²) in [5.74, 6) is 1.65. The maximum absolute atomic E-state index is 12.6. The van der Waals surface area contributed by atoms with Crippen LogP contribution in [-0.4, -0.2) is 68.2 Å². The lowest BCUT2D eigenvalue weighted by atomic mass is 10.1. The van der Waals surface area contributed by atoms with Crippen molar-refractivity contribution in [3.05, 3.63) is 53.9 Å². The normalized spacial score (nSPS) is 14.8. The van der Waals surface area contributed by atoms with Gasteiger partial charge in [-0.25, -0.2) is 0 Å². The zero-order valence-electron chi connectivity index (χ0n) is 17.1. The van der Waals surface area contributed by atoms with Crippen LogP contribution in [0.2, 0.25) is 0 Å². The number of amides is 1. The zero-order valence-corrected chi connectivity index (χ0v) is 17.1. The van der Waals surface area contributed by atoms with E-state index in [1.807, 2.05) is 29.3 Å². The van der Waals surface area contributed by atoms with Gasteiger partial charge in [0.2, 0.25) is 11.7 Å². The van der Waals surface area contributed by atoms with E-state index < -0.39 is 0 Å². The number of ether oxygens (including phenoxy) is 3. The van der Waals surface area contributed by atoms with Gasteiger partial charge >= 0.3 is 0 Å². The van der Waals surface area contributed by atoms with Crippen LogP contribution in [0.15, 0.2) is 42.7 Å². The Morgan fingerprint density at radius 1 is 1.07 bits per heavy atom. The smallest absolute Gasteiger partial charge is 0.246 e. The van der Waals surface area contributed by atoms with E-state index in [1.165, 1.54) is 5.56 Å². The molecule has 0 saturated carbocycles. The van der Waals surface area contributed by atoms with Gasteiger partial charge in [-0.2, -0.15) is 0 Å². The molecule has 1 aromatic carbocycles. The van der Waals surface area contributed by atoms with Gasteiger partial charge in [0.25, 0.3) is 0 Å². The Bertz CT molecular complexity index is 821. The van der Waals surface area contributed by atoms with E-state index in [2.05, 4.69) is 16.0 Å². The van der Waals surface area contributed by atoms with Crippen molar-refractivity contribution in [3.63, 3.8) is 0 Å². The second kappa shape index (κ2) is 9.93. The Kier molecular flexibility index (Phi) is 7.08. The number of rotatable bonds is 7. The molecule has 154 valence electrons. The Morgan fingerprint density at radius 3 is 2.31 bits per heavy atom. The number of methoxy groups -OCH3 is 3. The van der Waals surface area contributed by atoms with E-state index in [0.717, 1.165) is 25.2 Å². The highest BCUT2D eigenvalue weighted by atomic mass is 16.5. The number of hydrogen-bond donors (Lipinski definition) is 0. The number of hydrogen-bond acceptors (Lipinski definition) is 6. The highest BCUT2D eigenvalue weighted by Gasteiger charge is 2.20. The quantitative estimate of drug-likeness (QED) is 0.669. The van der Waals surface area contributed by atoms with Crippen molar-refractivity contribution in [1.29, 1.82) is 0 Å². The number of aromatic nitrogens is 1. The topological polar surface area (TPSA) is 64.1 Å². The molecule has 0 bridgehead atoms. The molecule has 0 atom stereocenters. The monoisotopic (exact) mass is 397 g/mol. The van der Waals surface area contributed by atoms with Gasteiger partial charge in [-0.05, 0) is 35.4 Å². The fourth-order valence-electron chi connectivity index (χ4n) is 3.35. The third-order valence-electron chi connectivity index (χ3n) is 4.92. The van der Waals surface area contributed by atoms with Crippen LogP contribution < -0.4 is 14.2 Å². The number of carbonyl (C=O) groups is 1. The molecule has 2 aromatic rings. The molecular weight excluding hydrogens is 370 g/mol. The van der Waals surface area contributed by atoms with Gasteiger partial charge in [0.05, 0.1) is 21.3 Å². The van der Waals surface area contributed by atoms with Crippen molar-refractivity contribution >= 4 is 12.0 Å². The Labute approximate surface area is 171 Å². The second-order valence-corrected chi connectivity index (χ2v) is 6.75. The number of piperazine rings is 1. The van der Waals surface area contributed by atoms with Gasteiger partial charge in [0, 0.05) is 51.2 Å². The SMILES string of the molecule is COc1cc(/C=C/C(=O)N2CCN(Cc3cccnc3)CC2)cc(OC)c1OC. The molecule has 0 N–H and O–H groups in total. The fourth-order valence-corrected chi connectivity index (χ4v) is 3.35. The van der Waals surface area contributed by atoms with Crippen LogP contribution in [0.25, 0.3) is 6.08 Å². The average molecular weight is 397 g/mol. The maximum Gasteiger partial charge on any atom is 0.246 e. The molecule has 1 amide bonds. The first kappa shape index (κ1) is 20.7. The Morgan fingerprint density at radius 2 is 1.76 bits per heavy atom. The summed E-state index contributed by atoms with van der Waals surface area (Å²) >= 11 is 0. The summed E-state index contributed by atoms with van der Waals surface area (Å²) in [6.07, 6.45) is 7.03. The summed E-state index contributed by atoms with van der Waals surface area (Å²) < 4.78 is 16.0. The first-order valence-electron chi connectivity index (χ1n) is 9.53. The van der Waals surface area contributed by atoms with Crippen LogP contribution in [0.3, 0.4) is 0 Å². The molecule has 1 fully saturated rings. The number of carbonyl (C=O) groups excluding carboxylic acids is 1. The van der Waals surface area contributed by atoms with Gasteiger partial charge in [-0.3, -0.25) is 14.7 Å². The zero-order chi connectivity index (χ0) is 20.6. The van der Waals surface area contributed by atoms with Gasteiger partial charge < -0.3 is 19.1 Å². The summed E-state index contributed by atoms with van der Waals surface area (Å²) in [4.78, 5) is 21.0. The summed E-state index contributed by atoms with van der Waals surface area (Å²) in [7, 11) is 4.70. The molecule has 0 unspecified atom stereocenters. The van der Waals surface area contributed by atoms with Crippen molar-refractivity contribution in [2.75, 3.05) is 47.5 Å².